The molecule has 0 fully saturated rings. The fraction of sp³-hybridized carbons (Fsp3) is 0.222. The first-order valence-corrected chi connectivity index (χ1v) is 5.10. The van der Waals surface area contributed by atoms with E-state index in [1.807, 2.05) is 0 Å². The molecule has 1 heterocycles. The average molecular weight is 263 g/mol. The van der Waals surface area contributed by atoms with Crippen LogP contribution in [0.25, 0.3) is 0 Å². The number of amides is 1. The van der Waals surface area contributed by atoms with E-state index in [2.05, 4.69) is 15.0 Å². The predicted octanol–water partition coefficient (Wildman–Crippen LogP) is 1.89. The highest BCUT2D eigenvalue weighted by atomic mass is 35.5. The molecule has 1 rings (SSSR count). The summed E-state index contributed by atoms with van der Waals surface area (Å²) in [6.07, 6.45) is 0. The van der Waals surface area contributed by atoms with Crippen molar-refractivity contribution < 1.29 is 14.3 Å². The zero-order chi connectivity index (χ0) is 12.1. The van der Waals surface area contributed by atoms with Crippen LogP contribution in [0.5, 0.6) is 0 Å². The van der Waals surface area contributed by atoms with Crippen LogP contribution in [0.4, 0.5) is 5.69 Å². The number of anilines is 1. The first-order valence-electron chi connectivity index (χ1n) is 4.34. The minimum Gasteiger partial charge on any atom is -0.459 e. The summed E-state index contributed by atoms with van der Waals surface area (Å²) in [6, 6.07) is 2.88. The summed E-state index contributed by atoms with van der Waals surface area (Å²) in [4.78, 5) is 25.9. The molecule has 0 atom stereocenters. The van der Waals surface area contributed by atoms with Crippen LogP contribution in [0.2, 0.25) is 10.3 Å². The van der Waals surface area contributed by atoms with Gasteiger partial charge in [-0.3, -0.25) is 4.79 Å². The summed E-state index contributed by atoms with van der Waals surface area (Å²) in [5.41, 5.74) is 0.198. The maximum atomic E-state index is 11.2. The molecule has 7 heteroatoms. The molecule has 86 valence electrons. The van der Waals surface area contributed by atoms with Gasteiger partial charge in [-0.1, -0.05) is 23.2 Å². The van der Waals surface area contributed by atoms with E-state index in [0.717, 1.165) is 0 Å². The Morgan fingerprint density at radius 3 is 2.69 bits per heavy atom. The minimum atomic E-state index is -0.978. The smallest absolute Gasteiger partial charge is 0.397 e. The molecule has 0 aliphatic rings. The van der Waals surface area contributed by atoms with Crippen molar-refractivity contribution in [2.45, 2.75) is 6.92 Å². The van der Waals surface area contributed by atoms with Gasteiger partial charge in [0.25, 0.3) is 0 Å². The van der Waals surface area contributed by atoms with Crippen molar-refractivity contribution in [2.75, 3.05) is 11.9 Å². The average Bonchev–Trinajstić information content (AvgIpc) is 2.22. The van der Waals surface area contributed by atoms with Crippen LogP contribution in [0, 0.1) is 0 Å². The molecule has 0 aromatic carbocycles. The SMILES string of the molecule is CCOC(=O)C(=O)Nc1ccc(Cl)nc1Cl. The largest absolute Gasteiger partial charge is 0.459 e. The number of nitrogens with one attached hydrogen (secondary N) is 1. The number of carbonyl (C=O) groups excluding carboxylic acids is 2. The molecule has 0 aliphatic heterocycles. The third-order valence-corrected chi connectivity index (χ3v) is 2.02. The number of esters is 1. The Labute approximate surface area is 102 Å². The number of ether oxygens (including phenoxy) is 1. The van der Waals surface area contributed by atoms with Crippen molar-refractivity contribution in [1.29, 1.82) is 0 Å². The zero-order valence-electron chi connectivity index (χ0n) is 8.29. The van der Waals surface area contributed by atoms with Crippen molar-refractivity contribution in [1.82, 2.24) is 4.98 Å². The van der Waals surface area contributed by atoms with Crippen molar-refractivity contribution in [3.8, 4) is 0 Å². The highest BCUT2D eigenvalue weighted by molar-refractivity contribution is 6.39. The molecular formula is C9H8Cl2N2O3. The quantitative estimate of drug-likeness (QED) is 0.502. The van der Waals surface area contributed by atoms with Gasteiger partial charge in [-0.15, -0.1) is 0 Å². The first-order chi connectivity index (χ1) is 7.54. The second-order valence-corrected chi connectivity index (χ2v) is 3.39. The van der Waals surface area contributed by atoms with E-state index >= 15 is 0 Å². The van der Waals surface area contributed by atoms with E-state index in [1.165, 1.54) is 12.1 Å². The van der Waals surface area contributed by atoms with E-state index in [0.29, 0.717) is 0 Å². The van der Waals surface area contributed by atoms with Crippen molar-refractivity contribution in [3.05, 3.63) is 22.4 Å². The fourth-order valence-electron chi connectivity index (χ4n) is 0.875. The Hall–Kier alpha value is -1.33. The lowest BCUT2D eigenvalue weighted by Crippen LogP contribution is -2.25. The molecule has 1 aromatic rings. The van der Waals surface area contributed by atoms with Gasteiger partial charge in [0.15, 0.2) is 5.15 Å². The van der Waals surface area contributed by atoms with Crippen LogP contribution in [0.15, 0.2) is 12.1 Å². The third-order valence-electron chi connectivity index (χ3n) is 1.52. The Morgan fingerprint density at radius 2 is 2.12 bits per heavy atom. The van der Waals surface area contributed by atoms with Gasteiger partial charge in [0.1, 0.15) is 5.15 Å². The topological polar surface area (TPSA) is 68.3 Å². The molecule has 0 bridgehead atoms. The Balaban J connectivity index is 2.73. The number of aromatic nitrogens is 1. The summed E-state index contributed by atoms with van der Waals surface area (Å²) in [5.74, 6) is -1.89. The molecule has 1 N–H and O–H groups in total. The van der Waals surface area contributed by atoms with Gasteiger partial charge in [0.2, 0.25) is 0 Å². The van der Waals surface area contributed by atoms with Gasteiger partial charge in [-0.05, 0) is 19.1 Å². The Morgan fingerprint density at radius 1 is 1.44 bits per heavy atom. The van der Waals surface area contributed by atoms with Gasteiger partial charge in [-0.25, -0.2) is 9.78 Å². The lowest BCUT2D eigenvalue weighted by molar-refractivity contribution is -0.152. The molecule has 0 radical (unpaired) electrons. The molecule has 0 saturated carbocycles. The van der Waals surface area contributed by atoms with Crippen molar-refractivity contribution in [3.63, 3.8) is 0 Å². The molecule has 1 aromatic heterocycles. The lowest BCUT2D eigenvalue weighted by Gasteiger charge is -2.05. The molecule has 16 heavy (non-hydrogen) atoms. The van der Waals surface area contributed by atoms with E-state index in [-0.39, 0.29) is 22.6 Å². The zero-order valence-corrected chi connectivity index (χ0v) is 9.80. The Kier molecular flexibility index (Phi) is 4.52. The number of rotatable bonds is 2. The normalized spacial score (nSPS) is 9.69. The molecule has 5 nitrogen and oxygen atoms in total. The summed E-state index contributed by atoms with van der Waals surface area (Å²) >= 11 is 11.3. The van der Waals surface area contributed by atoms with Gasteiger partial charge >= 0.3 is 11.9 Å². The molecule has 0 unspecified atom stereocenters. The number of halogens is 2. The standard InChI is InChI=1S/C9H8Cl2N2O3/c1-2-16-9(15)8(14)12-5-3-4-6(10)13-7(5)11/h3-4H,2H2,1H3,(H,12,14). The molecular weight excluding hydrogens is 255 g/mol. The highest BCUT2D eigenvalue weighted by Gasteiger charge is 2.16. The van der Waals surface area contributed by atoms with Gasteiger partial charge < -0.3 is 10.1 Å². The van der Waals surface area contributed by atoms with E-state index in [4.69, 9.17) is 23.2 Å². The summed E-state index contributed by atoms with van der Waals surface area (Å²) in [6.45, 7) is 1.72. The van der Waals surface area contributed by atoms with E-state index in [9.17, 15) is 9.59 Å². The van der Waals surface area contributed by atoms with E-state index in [1.54, 1.807) is 6.92 Å². The van der Waals surface area contributed by atoms with Gasteiger partial charge in [0.05, 0.1) is 12.3 Å². The minimum absolute atomic E-state index is 0.00477. The van der Waals surface area contributed by atoms with Crippen molar-refractivity contribution in [2.24, 2.45) is 0 Å². The number of hydrogen-bond donors (Lipinski definition) is 1. The van der Waals surface area contributed by atoms with Crippen LogP contribution in [0.1, 0.15) is 6.92 Å². The molecule has 0 aliphatic carbocycles. The molecule has 0 spiro atoms. The lowest BCUT2D eigenvalue weighted by atomic mass is 10.4. The van der Waals surface area contributed by atoms with Crippen LogP contribution in [-0.4, -0.2) is 23.5 Å². The van der Waals surface area contributed by atoms with Gasteiger partial charge in [-0.2, -0.15) is 0 Å². The fourth-order valence-corrected chi connectivity index (χ4v) is 1.27. The Bertz CT molecular complexity index is 423. The molecule has 0 saturated heterocycles. The van der Waals surface area contributed by atoms with Crippen molar-refractivity contribution >= 4 is 40.8 Å². The summed E-state index contributed by atoms with van der Waals surface area (Å²) in [5, 5.41) is 2.45. The van der Waals surface area contributed by atoms with Crippen LogP contribution in [0.3, 0.4) is 0 Å². The van der Waals surface area contributed by atoms with Gasteiger partial charge in [0, 0.05) is 0 Å². The highest BCUT2D eigenvalue weighted by Crippen LogP contribution is 2.21. The second kappa shape index (κ2) is 5.67. The maximum absolute atomic E-state index is 11.2. The number of hydrogen-bond acceptors (Lipinski definition) is 4. The molecule has 1 amide bonds. The summed E-state index contributed by atoms with van der Waals surface area (Å²) in [7, 11) is 0. The summed E-state index contributed by atoms with van der Waals surface area (Å²) < 4.78 is 4.50. The number of nitrogens with zero attached hydrogens (tertiary/aromatic N) is 1. The maximum Gasteiger partial charge on any atom is 0.397 e. The van der Waals surface area contributed by atoms with Crippen LogP contribution >= 0.6 is 23.2 Å². The van der Waals surface area contributed by atoms with Crippen LogP contribution < -0.4 is 5.32 Å². The predicted molar refractivity (Wildman–Crippen MR) is 59.5 cm³/mol. The number of pyridine rings is 1. The van der Waals surface area contributed by atoms with Crippen LogP contribution in [-0.2, 0) is 14.3 Å². The first kappa shape index (κ1) is 12.7. The number of carbonyl (C=O) groups is 2. The third kappa shape index (κ3) is 3.36. The second-order valence-electron chi connectivity index (χ2n) is 2.65. The monoisotopic (exact) mass is 262 g/mol. The van der Waals surface area contributed by atoms with E-state index < -0.39 is 11.9 Å².